The van der Waals surface area contributed by atoms with Gasteiger partial charge in [-0.1, -0.05) is 61.9 Å². The lowest BCUT2D eigenvalue weighted by Crippen LogP contribution is -2.50. The summed E-state index contributed by atoms with van der Waals surface area (Å²) in [5.41, 5.74) is 1.04. The number of hydrogen-bond acceptors (Lipinski definition) is 2. The van der Waals surface area contributed by atoms with Crippen LogP contribution in [-0.2, 0) is 15.4 Å². The fourth-order valence-corrected chi connectivity index (χ4v) is 10.6. The Kier molecular flexibility index (Phi) is 6.00. The summed E-state index contributed by atoms with van der Waals surface area (Å²) < 4.78 is 7.03. The van der Waals surface area contributed by atoms with Gasteiger partial charge >= 0.3 is 5.97 Å². The van der Waals surface area contributed by atoms with Crippen LogP contribution in [0.4, 0.5) is 0 Å². The molecular formula is C32H36O2S. The largest absolute Gasteiger partial charge is 0.402 e. The van der Waals surface area contributed by atoms with Crippen LogP contribution in [0.1, 0.15) is 57.4 Å². The Labute approximate surface area is 211 Å². The first-order valence-corrected chi connectivity index (χ1v) is 14.9. The molecule has 2 nitrogen and oxygen atoms in total. The molecule has 7 rings (SSSR count). The maximum absolute atomic E-state index is 14.4. The van der Waals surface area contributed by atoms with E-state index in [2.05, 4.69) is 79.7 Å². The molecule has 0 heterocycles. The van der Waals surface area contributed by atoms with Crippen molar-refractivity contribution < 1.29 is 8.98 Å². The summed E-state index contributed by atoms with van der Waals surface area (Å²) in [7, 11) is -2.21. The van der Waals surface area contributed by atoms with Crippen molar-refractivity contribution in [1.82, 2.24) is 0 Å². The van der Waals surface area contributed by atoms with E-state index in [1.165, 1.54) is 24.8 Å². The summed E-state index contributed by atoms with van der Waals surface area (Å²) in [5.74, 6) is 2.18. The quantitative estimate of drug-likeness (QED) is 0.336. The molecule has 4 bridgehead atoms. The molecule has 3 aromatic carbocycles. The zero-order chi connectivity index (χ0) is 23.9. The molecule has 0 unspecified atom stereocenters. The Balaban J connectivity index is 1.48. The monoisotopic (exact) mass is 484 g/mol. The molecule has 4 fully saturated rings. The standard InChI is InChI=1S/C32H36O2S/c1-2-9-24-14-16-30(17-15-24)35(28-10-5-3-6-11-28,29-12-7-4-8-13-29)34-31(33)32-21-25-18-26(22-32)20-27(19-25)23-32/h3-8,10-17,25-27H,2,9,18-23H2,1H3. The van der Waals surface area contributed by atoms with E-state index >= 15 is 0 Å². The zero-order valence-electron chi connectivity index (χ0n) is 20.7. The van der Waals surface area contributed by atoms with Crippen molar-refractivity contribution in [3.8, 4) is 0 Å². The van der Waals surface area contributed by atoms with E-state index in [0.29, 0.717) is 17.8 Å². The second-order valence-corrected chi connectivity index (χ2v) is 13.8. The number of aryl methyl sites for hydroxylation is 1. The van der Waals surface area contributed by atoms with Gasteiger partial charge in [0.2, 0.25) is 0 Å². The van der Waals surface area contributed by atoms with Crippen LogP contribution in [0.15, 0.2) is 99.6 Å². The smallest absolute Gasteiger partial charge is 0.323 e. The zero-order valence-corrected chi connectivity index (χ0v) is 21.5. The molecule has 0 aliphatic heterocycles. The highest BCUT2D eigenvalue weighted by Gasteiger charge is 2.56. The molecule has 0 radical (unpaired) electrons. The molecule has 0 N–H and O–H groups in total. The fourth-order valence-electron chi connectivity index (χ4n) is 7.48. The van der Waals surface area contributed by atoms with Gasteiger partial charge in [0.1, 0.15) is 0 Å². The topological polar surface area (TPSA) is 26.3 Å². The first-order valence-electron chi connectivity index (χ1n) is 13.4. The predicted octanol–water partition coefficient (Wildman–Crippen LogP) is 8.60. The summed E-state index contributed by atoms with van der Waals surface area (Å²) >= 11 is 0. The van der Waals surface area contributed by atoms with Gasteiger partial charge < -0.3 is 4.18 Å². The summed E-state index contributed by atoms with van der Waals surface area (Å²) in [4.78, 5) is 17.7. The Morgan fingerprint density at radius 1 is 0.743 bits per heavy atom. The Hall–Kier alpha value is -2.52. The van der Waals surface area contributed by atoms with Crippen LogP contribution in [0.2, 0.25) is 0 Å². The highest BCUT2D eigenvalue weighted by molar-refractivity contribution is 8.30. The molecule has 3 aromatic rings. The van der Waals surface area contributed by atoms with Gasteiger partial charge in [-0.05, 0) is 115 Å². The molecule has 3 heteroatoms. The molecule has 0 atom stereocenters. The first-order chi connectivity index (χ1) is 17.1. The highest BCUT2D eigenvalue weighted by atomic mass is 32.3. The molecule has 4 saturated carbocycles. The van der Waals surface area contributed by atoms with Crippen LogP contribution in [0.25, 0.3) is 0 Å². The number of hydrogen-bond donors (Lipinski definition) is 0. The van der Waals surface area contributed by atoms with Crippen LogP contribution in [0, 0.1) is 23.2 Å². The molecule has 0 amide bonds. The molecule has 0 spiro atoms. The van der Waals surface area contributed by atoms with Crippen molar-refractivity contribution in [1.29, 1.82) is 0 Å². The average Bonchev–Trinajstić information content (AvgIpc) is 2.88. The third-order valence-electron chi connectivity index (χ3n) is 8.62. The summed E-state index contributed by atoms with van der Waals surface area (Å²) in [6.45, 7) is 2.21. The highest BCUT2D eigenvalue weighted by Crippen LogP contribution is 2.71. The molecule has 35 heavy (non-hydrogen) atoms. The third kappa shape index (κ3) is 4.02. The van der Waals surface area contributed by atoms with Crippen LogP contribution in [0.3, 0.4) is 0 Å². The molecule has 182 valence electrons. The van der Waals surface area contributed by atoms with Crippen LogP contribution < -0.4 is 0 Å². The molecular weight excluding hydrogens is 448 g/mol. The van der Waals surface area contributed by atoms with Crippen molar-refractivity contribution in [3.05, 3.63) is 90.5 Å². The second kappa shape index (κ2) is 9.17. The number of rotatable bonds is 7. The van der Waals surface area contributed by atoms with E-state index in [4.69, 9.17) is 4.18 Å². The molecule has 0 saturated heterocycles. The average molecular weight is 485 g/mol. The lowest BCUT2D eigenvalue weighted by atomic mass is 9.49. The normalized spacial score (nSPS) is 27.5. The molecule has 0 aromatic heterocycles. The summed E-state index contributed by atoms with van der Waals surface area (Å²) in [6, 6.07) is 29.9. The lowest BCUT2D eigenvalue weighted by molar-refractivity contribution is -0.160. The van der Waals surface area contributed by atoms with Gasteiger partial charge in [-0.25, -0.2) is 0 Å². The van der Waals surface area contributed by atoms with Crippen LogP contribution in [-0.4, -0.2) is 5.97 Å². The fraction of sp³-hybridized carbons (Fsp3) is 0.406. The van der Waals surface area contributed by atoms with Gasteiger partial charge in [-0.3, -0.25) is 4.79 Å². The lowest BCUT2D eigenvalue weighted by Gasteiger charge is -2.56. The number of carbonyl (C=O) groups excluding carboxylic acids is 1. The number of carbonyl (C=O) groups is 1. The van der Waals surface area contributed by atoms with Gasteiger partial charge in [0.25, 0.3) is 0 Å². The first kappa shape index (κ1) is 22.9. The Morgan fingerprint density at radius 2 is 1.20 bits per heavy atom. The molecule has 4 aliphatic carbocycles. The number of benzene rings is 3. The van der Waals surface area contributed by atoms with Crippen LogP contribution in [0.5, 0.6) is 0 Å². The van der Waals surface area contributed by atoms with Gasteiger partial charge in [0, 0.05) is 14.7 Å². The Morgan fingerprint density at radius 3 is 1.66 bits per heavy atom. The second-order valence-electron chi connectivity index (χ2n) is 11.1. The van der Waals surface area contributed by atoms with Crippen molar-refractivity contribution in [3.63, 3.8) is 0 Å². The van der Waals surface area contributed by atoms with E-state index in [0.717, 1.165) is 46.8 Å². The van der Waals surface area contributed by atoms with Gasteiger partial charge in [-0.15, -0.1) is 0 Å². The van der Waals surface area contributed by atoms with Crippen molar-refractivity contribution in [2.75, 3.05) is 0 Å². The van der Waals surface area contributed by atoms with Gasteiger partial charge in [-0.2, -0.15) is 0 Å². The SMILES string of the molecule is CCCc1ccc(S(OC(=O)C23CC4CC(CC(C4)C2)C3)(c2ccccc2)c2ccccc2)cc1. The van der Waals surface area contributed by atoms with Crippen molar-refractivity contribution in [2.45, 2.75) is 73.0 Å². The van der Waals surface area contributed by atoms with Crippen molar-refractivity contribution >= 4 is 16.3 Å². The minimum absolute atomic E-state index is 0.0527. The van der Waals surface area contributed by atoms with Gasteiger partial charge in [0.15, 0.2) is 0 Å². The summed E-state index contributed by atoms with van der Waals surface area (Å²) in [6.07, 6.45) is 9.20. The maximum atomic E-state index is 14.4. The third-order valence-corrected chi connectivity index (χ3v) is 11.8. The van der Waals surface area contributed by atoms with Gasteiger partial charge in [0.05, 0.1) is 5.41 Å². The van der Waals surface area contributed by atoms with E-state index in [1.807, 2.05) is 12.1 Å². The summed E-state index contributed by atoms with van der Waals surface area (Å²) in [5, 5.41) is 0. The maximum Gasteiger partial charge on any atom is 0.323 e. The minimum atomic E-state index is -2.21. The predicted molar refractivity (Wildman–Crippen MR) is 142 cm³/mol. The minimum Gasteiger partial charge on any atom is -0.402 e. The molecule has 4 aliphatic rings. The van der Waals surface area contributed by atoms with E-state index in [-0.39, 0.29) is 11.4 Å². The van der Waals surface area contributed by atoms with E-state index in [1.54, 1.807) is 0 Å². The van der Waals surface area contributed by atoms with E-state index in [9.17, 15) is 4.79 Å². The van der Waals surface area contributed by atoms with E-state index < -0.39 is 10.3 Å². The van der Waals surface area contributed by atoms with Crippen LogP contribution >= 0.6 is 10.3 Å². The van der Waals surface area contributed by atoms with Crippen molar-refractivity contribution in [2.24, 2.45) is 23.2 Å². The Bertz CT molecular complexity index is 1090.